The second-order valence-electron chi connectivity index (χ2n) is 5.81. The second-order valence-corrected chi connectivity index (χ2v) is 6.94. The van der Waals surface area contributed by atoms with Crippen LogP contribution in [0.2, 0.25) is 0 Å². The number of aryl methyl sites for hydroxylation is 1. The van der Waals surface area contributed by atoms with E-state index in [1.54, 1.807) is 0 Å². The Kier molecular flexibility index (Phi) is 3.32. The van der Waals surface area contributed by atoms with E-state index in [-0.39, 0.29) is 0 Å². The van der Waals surface area contributed by atoms with Crippen LogP contribution in [0.15, 0.2) is 30.5 Å². The Morgan fingerprint density at radius 2 is 2.18 bits per heavy atom. The number of nitrogens with two attached hydrogens (primary N) is 1. The van der Waals surface area contributed by atoms with Gasteiger partial charge in [-0.25, -0.2) is 9.97 Å². The van der Waals surface area contributed by atoms with Gasteiger partial charge >= 0.3 is 0 Å². The van der Waals surface area contributed by atoms with Crippen molar-refractivity contribution in [1.29, 1.82) is 0 Å². The number of hydrogen-bond acceptors (Lipinski definition) is 5. The molecule has 2 aromatic heterocycles. The molecule has 22 heavy (non-hydrogen) atoms. The number of nitrogens with zero attached hydrogens (tertiary/aromatic N) is 3. The van der Waals surface area contributed by atoms with Crippen molar-refractivity contribution in [3.63, 3.8) is 0 Å². The topological polar surface area (TPSA) is 55.0 Å². The third kappa shape index (κ3) is 2.36. The summed E-state index contributed by atoms with van der Waals surface area (Å²) in [5.74, 6) is 0.382. The van der Waals surface area contributed by atoms with Crippen LogP contribution in [-0.2, 0) is 19.5 Å². The van der Waals surface area contributed by atoms with E-state index in [2.05, 4.69) is 46.1 Å². The summed E-state index contributed by atoms with van der Waals surface area (Å²) < 4.78 is 1.38. The average Bonchev–Trinajstić information content (AvgIpc) is 2.84. The number of thiophene rings is 1. The largest absolute Gasteiger partial charge is 0.368 e. The van der Waals surface area contributed by atoms with Crippen molar-refractivity contribution in [2.75, 3.05) is 12.3 Å². The van der Waals surface area contributed by atoms with E-state index in [1.807, 2.05) is 17.5 Å². The number of hydrogen-bond donors (Lipinski definition) is 1. The normalized spacial score (nSPS) is 15.1. The minimum Gasteiger partial charge on any atom is -0.368 e. The van der Waals surface area contributed by atoms with E-state index in [9.17, 15) is 0 Å². The van der Waals surface area contributed by atoms with Gasteiger partial charge in [0.2, 0.25) is 5.95 Å². The van der Waals surface area contributed by atoms with Gasteiger partial charge in [-0.1, -0.05) is 18.2 Å². The average molecular weight is 310 g/mol. The SMILES string of the molecule is Cc1c(CN2CCc3nc(N)ncc3C2)sc2ccccc12. The number of rotatable bonds is 2. The minimum atomic E-state index is 0.382. The van der Waals surface area contributed by atoms with Crippen LogP contribution in [0.25, 0.3) is 10.1 Å². The predicted molar refractivity (Wildman–Crippen MR) is 90.8 cm³/mol. The monoisotopic (exact) mass is 310 g/mol. The number of nitrogen functional groups attached to an aromatic ring is 1. The van der Waals surface area contributed by atoms with Crippen molar-refractivity contribution in [3.8, 4) is 0 Å². The summed E-state index contributed by atoms with van der Waals surface area (Å²) >= 11 is 1.91. The Bertz CT molecular complexity index is 840. The molecule has 0 spiro atoms. The predicted octanol–water partition coefficient (Wildman–Crippen LogP) is 3.14. The summed E-state index contributed by atoms with van der Waals surface area (Å²) in [4.78, 5) is 12.4. The molecule has 0 saturated heterocycles. The molecule has 2 N–H and O–H groups in total. The van der Waals surface area contributed by atoms with Gasteiger partial charge in [0.1, 0.15) is 0 Å². The first-order valence-electron chi connectivity index (χ1n) is 7.50. The zero-order chi connectivity index (χ0) is 15.1. The van der Waals surface area contributed by atoms with Crippen LogP contribution in [0.3, 0.4) is 0 Å². The zero-order valence-corrected chi connectivity index (χ0v) is 13.4. The summed E-state index contributed by atoms with van der Waals surface area (Å²) in [5, 5.41) is 1.39. The number of anilines is 1. The summed E-state index contributed by atoms with van der Waals surface area (Å²) in [6.07, 6.45) is 2.83. The Hall–Kier alpha value is -1.98. The third-order valence-electron chi connectivity index (χ3n) is 4.34. The van der Waals surface area contributed by atoms with E-state index in [0.29, 0.717) is 5.95 Å². The number of benzene rings is 1. The van der Waals surface area contributed by atoms with Gasteiger partial charge in [-0.05, 0) is 23.9 Å². The Morgan fingerprint density at radius 3 is 3.05 bits per heavy atom. The standard InChI is InChI=1S/C17H18N4S/c1-11-13-4-2-3-5-15(13)22-16(11)10-21-7-6-14-12(9-21)8-19-17(18)20-14/h2-5,8H,6-7,9-10H2,1H3,(H2,18,19,20). The van der Waals surface area contributed by atoms with Gasteiger partial charge in [0.05, 0.1) is 5.69 Å². The lowest BCUT2D eigenvalue weighted by Gasteiger charge is -2.27. The smallest absolute Gasteiger partial charge is 0.220 e. The fourth-order valence-corrected chi connectivity index (χ4v) is 4.36. The van der Waals surface area contributed by atoms with Crippen LogP contribution >= 0.6 is 11.3 Å². The van der Waals surface area contributed by atoms with E-state index in [0.717, 1.165) is 31.7 Å². The van der Waals surface area contributed by atoms with Crippen molar-refractivity contribution in [2.45, 2.75) is 26.4 Å². The van der Waals surface area contributed by atoms with Crippen molar-refractivity contribution in [1.82, 2.24) is 14.9 Å². The lowest BCUT2D eigenvalue weighted by atomic mass is 10.1. The summed E-state index contributed by atoms with van der Waals surface area (Å²) in [7, 11) is 0. The maximum atomic E-state index is 5.67. The molecular formula is C17H18N4S. The molecule has 3 aromatic rings. The summed E-state index contributed by atoms with van der Waals surface area (Å²) in [5.41, 5.74) is 9.40. The number of aromatic nitrogens is 2. The molecule has 1 aliphatic rings. The van der Waals surface area contributed by atoms with E-state index < -0.39 is 0 Å². The molecule has 112 valence electrons. The summed E-state index contributed by atoms with van der Waals surface area (Å²) in [6.45, 7) is 5.16. The summed E-state index contributed by atoms with van der Waals surface area (Å²) in [6, 6.07) is 8.65. The molecule has 0 fully saturated rings. The first kappa shape index (κ1) is 13.7. The third-order valence-corrected chi connectivity index (χ3v) is 5.60. The van der Waals surface area contributed by atoms with Crippen molar-refractivity contribution >= 4 is 27.4 Å². The molecule has 3 heterocycles. The molecule has 4 nitrogen and oxygen atoms in total. The van der Waals surface area contributed by atoms with Crippen molar-refractivity contribution in [2.24, 2.45) is 0 Å². The molecular weight excluding hydrogens is 292 g/mol. The van der Waals surface area contributed by atoms with Crippen molar-refractivity contribution in [3.05, 3.63) is 52.2 Å². The lowest BCUT2D eigenvalue weighted by molar-refractivity contribution is 0.245. The maximum absolute atomic E-state index is 5.67. The molecule has 0 amide bonds. The highest BCUT2D eigenvalue weighted by molar-refractivity contribution is 7.19. The van der Waals surface area contributed by atoms with E-state index >= 15 is 0 Å². The van der Waals surface area contributed by atoms with Crippen LogP contribution in [0, 0.1) is 6.92 Å². The molecule has 0 aliphatic carbocycles. The van der Waals surface area contributed by atoms with Crippen LogP contribution in [0.1, 0.15) is 21.7 Å². The second kappa shape index (κ2) is 5.34. The van der Waals surface area contributed by atoms with Crippen LogP contribution in [0.4, 0.5) is 5.95 Å². The number of fused-ring (bicyclic) bond motifs is 2. The molecule has 0 saturated carbocycles. The highest BCUT2D eigenvalue weighted by Gasteiger charge is 2.20. The van der Waals surface area contributed by atoms with Gasteiger partial charge in [-0.2, -0.15) is 0 Å². The molecule has 0 bridgehead atoms. The molecule has 0 unspecified atom stereocenters. The maximum Gasteiger partial charge on any atom is 0.220 e. The van der Waals surface area contributed by atoms with Gasteiger partial charge in [0.15, 0.2) is 0 Å². The van der Waals surface area contributed by atoms with E-state index in [1.165, 1.54) is 26.1 Å². The van der Waals surface area contributed by atoms with Gasteiger partial charge in [-0.15, -0.1) is 11.3 Å². The fraction of sp³-hybridized carbons (Fsp3) is 0.294. The zero-order valence-electron chi connectivity index (χ0n) is 12.5. The first-order valence-corrected chi connectivity index (χ1v) is 8.32. The molecule has 4 rings (SSSR count). The lowest BCUT2D eigenvalue weighted by Crippen LogP contribution is -2.31. The van der Waals surface area contributed by atoms with Crippen LogP contribution in [0.5, 0.6) is 0 Å². The van der Waals surface area contributed by atoms with Gasteiger partial charge < -0.3 is 5.73 Å². The molecule has 5 heteroatoms. The molecule has 0 radical (unpaired) electrons. The highest BCUT2D eigenvalue weighted by Crippen LogP contribution is 2.32. The van der Waals surface area contributed by atoms with Crippen molar-refractivity contribution < 1.29 is 0 Å². The fourth-order valence-electron chi connectivity index (χ4n) is 3.10. The molecule has 1 aromatic carbocycles. The highest BCUT2D eigenvalue weighted by atomic mass is 32.1. The minimum absolute atomic E-state index is 0.382. The van der Waals surface area contributed by atoms with Gasteiger partial charge in [0, 0.05) is 47.4 Å². The Labute approximate surface area is 133 Å². The van der Waals surface area contributed by atoms with Gasteiger partial charge in [0.25, 0.3) is 0 Å². The Morgan fingerprint density at radius 1 is 1.32 bits per heavy atom. The first-order chi connectivity index (χ1) is 10.7. The quantitative estimate of drug-likeness (QED) is 0.790. The molecule has 1 aliphatic heterocycles. The van der Waals surface area contributed by atoms with Crippen LogP contribution in [-0.4, -0.2) is 21.4 Å². The van der Waals surface area contributed by atoms with Gasteiger partial charge in [-0.3, -0.25) is 4.90 Å². The van der Waals surface area contributed by atoms with E-state index in [4.69, 9.17) is 5.73 Å². The Balaban J connectivity index is 1.59. The molecule has 0 atom stereocenters. The van der Waals surface area contributed by atoms with Crippen LogP contribution < -0.4 is 5.73 Å².